The minimum atomic E-state index is -0.983. The highest BCUT2D eigenvalue weighted by molar-refractivity contribution is 7.10. The smallest absolute Gasteiger partial charge is 0.420 e. The van der Waals surface area contributed by atoms with Gasteiger partial charge in [0, 0.05) is 5.56 Å². The Morgan fingerprint density at radius 2 is 2.03 bits per heavy atom. The van der Waals surface area contributed by atoms with Crippen LogP contribution in [-0.2, 0) is 15.1 Å². The van der Waals surface area contributed by atoms with E-state index in [4.69, 9.17) is 9.47 Å². The van der Waals surface area contributed by atoms with Gasteiger partial charge in [-0.25, -0.2) is 14.2 Å². The van der Waals surface area contributed by atoms with Crippen molar-refractivity contribution < 1.29 is 19.1 Å². The number of nitriles is 1. The van der Waals surface area contributed by atoms with Gasteiger partial charge in [0.2, 0.25) is 0 Å². The largest absolute Gasteiger partial charge is 0.443 e. The molecule has 8 heteroatoms. The zero-order chi connectivity index (χ0) is 22.4. The summed E-state index contributed by atoms with van der Waals surface area (Å²) in [5.41, 5.74) is 1.06. The molecule has 0 fully saturated rings. The molecule has 1 amide bonds. The summed E-state index contributed by atoms with van der Waals surface area (Å²) in [6.07, 6.45) is -1.16. The molecule has 1 aliphatic rings. The Labute approximate surface area is 183 Å². The van der Waals surface area contributed by atoms with E-state index in [-0.39, 0.29) is 5.69 Å². The molecule has 7 nitrogen and oxygen atoms in total. The maximum atomic E-state index is 12.9. The normalized spacial score (nSPS) is 17.8. The first-order chi connectivity index (χ1) is 14.6. The predicted molar refractivity (Wildman–Crippen MR) is 117 cm³/mol. The van der Waals surface area contributed by atoms with E-state index in [2.05, 4.69) is 5.32 Å². The van der Waals surface area contributed by atoms with E-state index in [0.29, 0.717) is 16.9 Å². The highest BCUT2D eigenvalue weighted by Gasteiger charge is 2.40. The molecular weight excluding hydrogens is 414 g/mol. The summed E-state index contributed by atoms with van der Waals surface area (Å²) in [6, 6.07) is 14.6. The van der Waals surface area contributed by atoms with Crippen molar-refractivity contribution in [1.82, 2.24) is 4.57 Å². The molecule has 1 atom stereocenters. The number of cyclic esters (lactones) is 1. The highest BCUT2D eigenvalue weighted by Crippen LogP contribution is 2.44. The average Bonchev–Trinajstić information content (AvgIpc) is 3.36. The minimum absolute atomic E-state index is 0.174. The Morgan fingerprint density at radius 3 is 2.68 bits per heavy atom. The standard InChI is InChI=1S/C23H21N3O4S/c1-22(2,3)30-21(28)26-15(13-24)8-10-18(26)14-7-9-17-16(12-14)23(4,29-20(27)25-17)19-6-5-11-31-19/h5-12H,1-4H3,(H,25,27). The lowest BCUT2D eigenvalue weighted by molar-refractivity contribution is 0.0538. The van der Waals surface area contributed by atoms with Crippen molar-refractivity contribution in [3.05, 3.63) is 64.0 Å². The number of amides is 1. The molecule has 0 saturated heterocycles. The lowest BCUT2D eigenvalue weighted by atomic mass is 9.89. The summed E-state index contributed by atoms with van der Waals surface area (Å²) in [5, 5.41) is 14.2. The molecule has 1 N–H and O–H groups in total. The Kier molecular flexibility index (Phi) is 4.86. The first-order valence-corrected chi connectivity index (χ1v) is 10.5. The van der Waals surface area contributed by atoms with Crippen LogP contribution in [0.1, 0.15) is 43.8 Å². The van der Waals surface area contributed by atoms with Crippen molar-refractivity contribution in [3.63, 3.8) is 0 Å². The molecule has 1 unspecified atom stereocenters. The zero-order valence-corrected chi connectivity index (χ0v) is 18.4. The molecule has 0 saturated carbocycles. The molecule has 3 aromatic rings. The van der Waals surface area contributed by atoms with Crippen LogP contribution >= 0.6 is 11.3 Å². The molecule has 0 bridgehead atoms. The summed E-state index contributed by atoms with van der Waals surface area (Å²) in [7, 11) is 0. The molecular formula is C23H21N3O4S. The van der Waals surface area contributed by atoms with Gasteiger partial charge in [0.05, 0.1) is 16.3 Å². The number of rotatable bonds is 2. The maximum Gasteiger partial charge on any atom is 0.420 e. The first-order valence-electron chi connectivity index (χ1n) is 9.66. The van der Waals surface area contributed by atoms with Crippen LogP contribution in [0, 0.1) is 11.3 Å². The summed E-state index contributed by atoms with van der Waals surface area (Å²) >= 11 is 1.49. The molecule has 3 heterocycles. The van der Waals surface area contributed by atoms with Crippen LogP contribution in [0.25, 0.3) is 11.3 Å². The Hall–Kier alpha value is -3.57. The van der Waals surface area contributed by atoms with Gasteiger partial charge in [-0.05, 0) is 69.0 Å². The number of hydrogen-bond donors (Lipinski definition) is 1. The van der Waals surface area contributed by atoms with Crippen molar-refractivity contribution in [2.24, 2.45) is 0 Å². The fraction of sp³-hybridized carbons (Fsp3) is 0.261. The van der Waals surface area contributed by atoms with Gasteiger partial charge in [-0.1, -0.05) is 12.1 Å². The van der Waals surface area contributed by atoms with Gasteiger partial charge in [-0.15, -0.1) is 11.3 Å². The second kappa shape index (κ2) is 7.29. The zero-order valence-electron chi connectivity index (χ0n) is 17.6. The number of hydrogen-bond acceptors (Lipinski definition) is 6. The molecule has 31 heavy (non-hydrogen) atoms. The number of fused-ring (bicyclic) bond motifs is 1. The maximum absolute atomic E-state index is 12.9. The molecule has 4 rings (SSSR count). The quantitative estimate of drug-likeness (QED) is 0.557. The third kappa shape index (κ3) is 3.68. The fourth-order valence-electron chi connectivity index (χ4n) is 3.57. The molecule has 0 radical (unpaired) electrons. The van der Waals surface area contributed by atoms with Gasteiger partial charge in [0.1, 0.15) is 17.4 Å². The lowest BCUT2D eigenvalue weighted by Gasteiger charge is -2.35. The van der Waals surface area contributed by atoms with E-state index in [1.165, 1.54) is 15.9 Å². The number of carbonyl (C=O) groups excluding carboxylic acids is 2. The molecule has 0 aliphatic carbocycles. The molecule has 0 spiro atoms. The molecule has 1 aromatic carbocycles. The number of nitrogens with zero attached hydrogens (tertiary/aromatic N) is 2. The second-order valence-corrected chi connectivity index (χ2v) is 9.26. The molecule has 2 aromatic heterocycles. The second-order valence-electron chi connectivity index (χ2n) is 8.32. The SMILES string of the molecule is CC(C)(C)OC(=O)n1c(C#N)ccc1-c1ccc2c(c1)C(C)(c1cccs1)OC(=O)N2. The van der Waals surface area contributed by atoms with Crippen molar-refractivity contribution in [2.75, 3.05) is 5.32 Å². The van der Waals surface area contributed by atoms with Crippen molar-refractivity contribution in [1.29, 1.82) is 5.26 Å². The van der Waals surface area contributed by atoms with E-state index in [9.17, 15) is 14.9 Å². The summed E-state index contributed by atoms with van der Waals surface area (Å²) in [5.74, 6) is 0. The van der Waals surface area contributed by atoms with E-state index in [1.807, 2.05) is 36.6 Å². The average molecular weight is 436 g/mol. The van der Waals surface area contributed by atoms with Crippen LogP contribution in [-0.4, -0.2) is 22.4 Å². The first kappa shape index (κ1) is 20.7. The number of nitrogens with one attached hydrogen (secondary N) is 1. The fourth-order valence-corrected chi connectivity index (χ4v) is 4.41. The Morgan fingerprint density at radius 1 is 1.26 bits per heavy atom. The summed E-state index contributed by atoms with van der Waals surface area (Å²) in [6.45, 7) is 7.15. The van der Waals surface area contributed by atoms with Crippen LogP contribution in [0.5, 0.6) is 0 Å². The van der Waals surface area contributed by atoms with Crippen LogP contribution < -0.4 is 5.32 Å². The summed E-state index contributed by atoms with van der Waals surface area (Å²) < 4.78 is 12.5. The van der Waals surface area contributed by atoms with E-state index < -0.39 is 23.4 Å². The Bertz CT molecular complexity index is 1210. The van der Waals surface area contributed by atoms with Gasteiger partial charge in [-0.3, -0.25) is 5.32 Å². The van der Waals surface area contributed by atoms with Gasteiger partial charge in [0.25, 0.3) is 0 Å². The van der Waals surface area contributed by atoms with Crippen LogP contribution in [0.4, 0.5) is 15.3 Å². The van der Waals surface area contributed by atoms with E-state index in [1.54, 1.807) is 45.0 Å². The van der Waals surface area contributed by atoms with Crippen molar-refractivity contribution in [3.8, 4) is 17.3 Å². The Balaban J connectivity index is 1.86. The number of aromatic nitrogens is 1. The monoisotopic (exact) mass is 435 g/mol. The third-order valence-corrected chi connectivity index (χ3v) is 6.00. The van der Waals surface area contributed by atoms with Crippen molar-refractivity contribution in [2.45, 2.75) is 38.9 Å². The lowest BCUT2D eigenvalue weighted by Crippen LogP contribution is -2.37. The van der Waals surface area contributed by atoms with Gasteiger partial charge in [0.15, 0.2) is 5.60 Å². The number of anilines is 1. The van der Waals surface area contributed by atoms with Crippen LogP contribution in [0.3, 0.4) is 0 Å². The number of carbonyl (C=O) groups is 2. The van der Waals surface area contributed by atoms with E-state index >= 15 is 0 Å². The number of benzene rings is 1. The van der Waals surface area contributed by atoms with Crippen molar-refractivity contribution >= 4 is 29.2 Å². The predicted octanol–water partition coefficient (Wildman–Crippen LogP) is 5.70. The van der Waals surface area contributed by atoms with Crippen LogP contribution in [0.15, 0.2) is 47.8 Å². The molecule has 158 valence electrons. The molecule has 1 aliphatic heterocycles. The highest BCUT2D eigenvalue weighted by atomic mass is 32.1. The topological polar surface area (TPSA) is 93.3 Å². The number of thiophene rings is 1. The summed E-state index contributed by atoms with van der Waals surface area (Å²) in [4.78, 5) is 25.9. The van der Waals surface area contributed by atoms with Gasteiger partial charge in [-0.2, -0.15) is 5.26 Å². The van der Waals surface area contributed by atoms with Crippen LogP contribution in [0.2, 0.25) is 0 Å². The van der Waals surface area contributed by atoms with Gasteiger partial charge >= 0.3 is 12.2 Å². The van der Waals surface area contributed by atoms with Gasteiger partial charge < -0.3 is 9.47 Å². The van der Waals surface area contributed by atoms with E-state index in [0.717, 1.165) is 10.4 Å². The minimum Gasteiger partial charge on any atom is -0.443 e. The number of ether oxygens (including phenoxy) is 2. The third-order valence-electron chi connectivity index (χ3n) is 4.93.